The minimum Gasteiger partial charge on any atom is -0.465 e. The topological polar surface area (TPSA) is 69.9 Å². The molecule has 1 unspecified atom stereocenters. The molecule has 154 valence electrons. The van der Waals surface area contributed by atoms with Crippen LogP contribution in [0.5, 0.6) is 11.5 Å². The highest BCUT2D eigenvalue weighted by molar-refractivity contribution is 6.00. The molecule has 1 aliphatic carbocycles. The van der Waals surface area contributed by atoms with Gasteiger partial charge in [0.1, 0.15) is 0 Å². The number of nitrogens with zero attached hydrogens (tertiary/aromatic N) is 1. The number of ether oxygens (including phenoxy) is 3. The van der Waals surface area contributed by atoms with Crippen LogP contribution in [0.25, 0.3) is 22.2 Å². The van der Waals surface area contributed by atoms with Crippen LogP contribution >= 0.6 is 0 Å². The maximum Gasteiger partial charge on any atom is 0.337 e. The van der Waals surface area contributed by atoms with E-state index in [-0.39, 0.29) is 12.8 Å². The lowest BCUT2D eigenvalue weighted by Crippen LogP contribution is -2.06. The predicted octanol–water partition coefficient (Wildman–Crippen LogP) is 4.72. The van der Waals surface area contributed by atoms with E-state index in [2.05, 4.69) is 0 Å². The number of aromatic nitrogens is 1. The number of aliphatic hydroxyl groups is 1. The minimum absolute atomic E-state index is 0.163. The third kappa shape index (κ3) is 2.31. The summed E-state index contributed by atoms with van der Waals surface area (Å²) in [7, 11) is 1.38. The smallest absolute Gasteiger partial charge is 0.337 e. The molecule has 1 fully saturated rings. The second-order valence-corrected chi connectivity index (χ2v) is 8.32. The van der Waals surface area contributed by atoms with Crippen LogP contribution < -0.4 is 9.47 Å². The van der Waals surface area contributed by atoms with Crippen LogP contribution in [0.3, 0.4) is 0 Å². The number of carbonyl (C=O) groups is 1. The summed E-state index contributed by atoms with van der Waals surface area (Å²) >= 11 is 0. The van der Waals surface area contributed by atoms with E-state index in [1.807, 2.05) is 34.9 Å². The molecule has 3 heterocycles. The Kier molecular flexibility index (Phi) is 3.87. The summed E-state index contributed by atoms with van der Waals surface area (Å²) in [6.07, 6.45) is 5.09. The molecule has 1 saturated carbocycles. The van der Waals surface area contributed by atoms with Gasteiger partial charge in [0.15, 0.2) is 17.7 Å². The molecule has 1 aromatic heterocycles. The Balaban J connectivity index is 1.65. The monoisotopic (exact) mass is 405 g/mol. The molecule has 1 N–H and O–H groups in total. The van der Waals surface area contributed by atoms with Crippen LogP contribution in [0.4, 0.5) is 0 Å². The van der Waals surface area contributed by atoms with Gasteiger partial charge in [0.05, 0.1) is 29.4 Å². The standard InChI is InChI=1S/C24H23NO5/c1-28-24(27)14-7-8-15-17(11-14)25-21(19(15)13-5-3-2-4-6-13)16-9-10-18-22(30-12-29-18)20(16)23(25)26/h7-11,13,23,26H,2-6,12H2,1H3. The van der Waals surface area contributed by atoms with Crippen LogP contribution in [0.2, 0.25) is 0 Å². The zero-order chi connectivity index (χ0) is 20.4. The van der Waals surface area contributed by atoms with Gasteiger partial charge in [0.2, 0.25) is 6.79 Å². The van der Waals surface area contributed by atoms with Crippen LogP contribution in [0.1, 0.15) is 65.7 Å². The zero-order valence-electron chi connectivity index (χ0n) is 16.8. The van der Waals surface area contributed by atoms with Crippen molar-refractivity contribution in [3.63, 3.8) is 0 Å². The van der Waals surface area contributed by atoms with Gasteiger partial charge in [-0.15, -0.1) is 0 Å². The van der Waals surface area contributed by atoms with Gasteiger partial charge in [-0.05, 0) is 48.6 Å². The van der Waals surface area contributed by atoms with Gasteiger partial charge in [-0.3, -0.25) is 0 Å². The van der Waals surface area contributed by atoms with Gasteiger partial charge >= 0.3 is 5.97 Å². The van der Waals surface area contributed by atoms with Crippen molar-refractivity contribution in [1.29, 1.82) is 0 Å². The number of hydrogen-bond donors (Lipinski definition) is 1. The van der Waals surface area contributed by atoms with Gasteiger partial charge in [-0.1, -0.05) is 25.3 Å². The Morgan fingerprint density at radius 1 is 1.10 bits per heavy atom. The van der Waals surface area contributed by atoms with Crippen molar-refractivity contribution in [3.05, 3.63) is 47.0 Å². The van der Waals surface area contributed by atoms with E-state index in [9.17, 15) is 9.90 Å². The molecular formula is C24H23NO5. The van der Waals surface area contributed by atoms with E-state index < -0.39 is 6.23 Å². The summed E-state index contributed by atoms with van der Waals surface area (Å²) in [5.41, 5.74) is 5.39. The van der Waals surface area contributed by atoms with Gasteiger partial charge < -0.3 is 23.9 Å². The van der Waals surface area contributed by atoms with Crippen LogP contribution in [0, 0.1) is 0 Å². The lowest BCUT2D eigenvalue weighted by atomic mass is 9.81. The average molecular weight is 405 g/mol. The zero-order valence-corrected chi connectivity index (χ0v) is 16.8. The maximum absolute atomic E-state index is 12.2. The molecule has 0 spiro atoms. The molecule has 3 aliphatic rings. The SMILES string of the molecule is COC(=O)c1ccc2c(C3CCCCC3)c3n(c2c1)C(O)c1c-3ccc2c1OCO2. The first-order chi connectivity index (χ1) is 14.7. The number of aliphatic hydroxyl groups excluding tert-OH is 1. The summed E-state index contributed by atoms with van der Waals surface area (Å²) in [5, 5.41) is 12.5. The molecule has 0 radical (unpaired) electrons. The summed E-state index contributed by atoms with van der Waals surface area (Å²) in [6.45, 7) is 0.163. The van der Waals surface area contributed by atoms with Gasteiger partial charge in [-0.25, -0.2) is 4.79 Å². The molecule has 2 aromatic carbocycles. The Labute approximate surface area is 174 Å². The van der Waals surface area contributed by atoms with Crippen molar-refractivity contribution in [3.8, 4) is 22.8 Å². The van der Waals surface area contributed by atoms with Gasteiger partial charge in [0.25, 0.3) is 0 Å². The third-order valence-electron chi connectivity index (χ3n) is 6.81. The predicted molar refractivity (Wildman–Crippen MR) is 111 cm³/mol. The first kappa shape index (κ1) is 17.8. The van der Waals surface area contributed by atoms with E-state index in [0.29, 0.717) is 23.0 Å². The van der Waals surface area contributed by atoms with E-state index in [4.69, 9.17) is 14.2 Å². The number of fused-ring (bicyclic) bond motifs is 7. The molecule has 0 bridgehead atoms. The van der Waals surface area contributed by atoms with Gasteiger partial charge in [-0.2, -0.15) is 0 Å². The third-order valence-corrected chi connectivity index (χ3v) is 6.81. The molecule has 0 amide bonds. The molecule has 0 saturated heterocycles. The highest BCUT2D eigenvalue weighted by Gasteiger charge is 2.39. The lowest BCUT2D eigenvalue weighted by molar-refractivity contribution is 0.0600. The number of esters is 1. The fraction of sp³-hybridized carbons (Fsp3) is 0.375. The number of benzene rings is 2. The maximum atomic E-state index is 12.2. The first-order valence-electron chi connectivity index (χ1n) is 10.6. The van der Waals surface area contributed by atoms with Crippen molar-refractivity contribution in [2.75, 3.05) is 13.9 Å². The van der Waals surface area contributed by atoms with E-state index in [1.54, 1.807) is 0 Å². The second-order valence-electron chi connectivity index (χ2n) is 8.32. The average Bonchev–Trinajstić information content (AvgIpc) is 3.46. The fourth-order valence-corrected chi connectivity index (χ4v) is 5.50. The Hall–Kier alpha value is -2.99. The van der Waals surface area contributed by atoms with Gasteiger partial charge in [0, 0.05) is 10.9 Å². The second kappa shape index (κ2) is 6.51. The highest BCUT2D eigenvalue weighted by Crippen LogP contribution is 2.55. The Morgan fingerprint density at radius 3 is 2.73 bits per heavy atom. The van der Waals surface area contributed by atoms with Crippen LogP contribution in [0.15, 0.2) is 30.3 Å². The highest BCUT2D eigenvalue weighted by atomic mass is 16.7. The lowest BCUT2D eigenvalue weighted by Gasteiger charge is -2.23. The van der Waals surface area contributed by atoms with E-state index in [0.717, 1.165) is 40.6 Å². The molecule has 6 rings (SSSR count). The van der Waals surface area contributed by atoms with E-state index in [1.165, 1.54) is 31.9 Å². The molecule has 2 aliphatic heterocycles. The van der Waals surface area contributed by atoms with Crippen molar-refractivity contribution in [1.82, 2.24) is 4.57 Å². The largest absolute Gasteiger partial charge is 0.465 e. The minimum atomic E-state index is -0.889. The Bertz CT molecular complexity index is 1190. The fourth-order valence-electron chi connectivity index (χ4n) is 5.50. The number of carbonyl (C=O) groups excluding carboxylic acids is 1. The van der Waals surface area contributed by atoms with Crippen molar-refractivity contribution in [2.24, 2.45) is 0 Å². The first-order valence-corrected chi connectivity index (χ1v) is 10.6. The van der Waals surface area contributed by atoms with Crippen LogP contribution in [-0.2, 0) is 4.74 Å². The normalized spacial score (nSPS) is 19.7. The van der Waals surface area contributed by atoms with Crippen molar-refractivity contribution < 1.29 is 24.1 Å². The summed E-state index contributed by atoms with van der Waals surface area (Å²) in [4.78, 5) is 12.2. The molecule has 6 heteroatoms. The molecule has 1 atom stereocenters. The summed E-state index contributed by atoms with van der Waals surface area (Å²) < 4.78 is 18.1. The number of rotatable bonds is 2. The van der Waals surface area contributed by atoms with Crippen LogP contribution in [-0.4, -0.2) is 29.5 Å². The van der Waals surface area contributed by atoms with E-state index >= 15 is 0 Å². The molecule has 30 heavy (non-hydrogen) atoms. The molecule has 6 nitrogen and oxygen atoms in total. The molecule has 3 aromatic rings. The quantitative estimate of drug-likeness (QED) is 0.625. The summed E-state index contributed by atoms with van der Waals surface area (Å²) in [5.74, 6) is 1.34. The Morgan fingerprint density at radius 2 is 1.93 bits per heavy atom. The number of hydrogen-bond acceptors (Lipinski definition) is 5. The van der Waals surface area contributed by atoms with Crippen molar-refractivity contribution in [2.45, 2.75) is 44.2 Å². The van der Waals surface area contributed by atoms with Crippen molar-refractivity contribution >= 4 is 16.9 Å². The number of methoxy groups -OCH3 is 1. The molecular weight excluding hydrogens is 382 g/mol. The summed E-state index contributed by atoms with van der Waals surface area (Å²) in [6, 6.07) is 9.62.